The van der Waals surface area contributed by atoms with Crippen LogP contribution in [0.25, 0.3) is 0 Å². The average molecular weight is 354 g/mol. The van der Waals surface area contributed by atoms with Gasteiger partial charge in [-0.3, -0.25) is 0 Å². The van der Waals surface area contributed by atoms with Gasteiger partial charge in [-0.1, -0.05) is 25.4 Å². The van der Waals surface area contributed by atoms with E-state index in [2.05, 4.69) is 23.9 Å². The van der Waals surface area contributed by atoms with E-state index >= 15 is 0 Å². The molecule has 0 saturated heterocycles. The Balaban J connectivity index is 2.28. The minimum Gasteiger partial charge on any atom is -0.314 e. The first-order valence-electron chi connectivity index (χ1n) is 7.00. The maximum absolute atomic E-state index is 12.0. The summed E-state index contributed by atoms with van der Waals surface area (Å²) in [5.74, 6) is 0. The Kier molecular flexibility index (Phi) is 8.15. The van der Waals surface area contributed by atoms with Gasteiger partial charge in [0.05, 0.1) is 4.34 Å². The molecule has 0 aliphatic heterocycles. The summed E-state index contributed by atoms with van der Waals surface area (Å²) in [5, 5.41) is 3.27. The van der Waals surface area contributed by atoms with E-state index in [9.17, 15) is 8.42 Å². The van der Waals surface area contributed by atoms with E-state index < -0.39 is 10.2 Å². The fourth-order valence-corrected chi connectivity index (χ4v) is 3.75. The quantitative estimate of drug-likeness (QED) is 0.633. The first-order chi connectivity index (χ1) is 9.81. The second kappa shape index (κ2) is 9.07. The van der Waals surface area contributed by atoms with Crippen LogP contribution in [0.2, 0.25) is 4.34 Å². The lowest BCUT2D eigenvalue weighted by molar-refractivity contribution is 0.439. The van der Waals surface area contributed by atoms with Gasteiger partial charge in [0.15, 0.2) is 0 Å². The van der Waals surface area contributed by atoms with Gasteiger partial charge >= 0.3 is 0 Å². The molecule has 1 heterocycles. The van der Waals surface area contributed by atoms with Crippen LogP contribution in [0.15, 0.2) is 12.1 Å². The minimum absolute atomic E-state index is 0.383. The number of halogens is 1. The molecule has 2 N–H and O–H groups in total. The van der Waals surface area contributed by atoms with E-state index in [1.165, 1.54) is 15.6 Å². The van der Waals surface area contributed by atoms with E-state index in [4.69, 9.17) is 11.6 Å². The third-order valence-corrected chi connectivity index (χ3v) is 5.76. The highest BCUT2D eigenvalue weighted by atomic mass is 35.5. The van der Waals surface area contributed by atoms with Gasteiger partial charge < -0.3 is 5.32 Å². The molecule has 0 saturated carbocycles. The zero-order valence-electron chi connectivity index (χ0n) is 12.7. The van der Waals surface area contributed by atoms with E-state index in [0.29, 0.717) is 25.6 Å². The van der Waals surface area contributed by atoms with Gasteiger partial charge in [0, 0.05) is 31.1 Å². The zero-order valence-corrected chi connectivity index (χ0v) is 15.1. The second-order valence-corrected chi connectivity index (χ2v) is 8.80. The van der Waals surface area contributed by atoms with Crippen LogP contribution in [0, 0.1) is 0 Å². The molecule has 0 atom stereocenters. The highest BCUT2D eigenvalue weighted by Crippen LogP contribution is 2.21. The first-order valence-corrected chi connectivity index (χ1v) is 9.63. The minimum atomic E-state index is -3.40. The summed E-state index contributed by atoms with van der Waals surface area (Å²) in [5.41, 5.74) is 0. The number of thiophene rings is 1. The van der Waals surface area contributed by atoms with Crippen molar-refractivity contribution in [2.45, 2.75) is 32.7 Å². The average Bonchev–Trinajstić information content (AvgIpc) is 2.79. The van der Waals surface area contributed by atoms with E-state index in [1.54, 1.807) is 7.05 Å². The molecule has 0 radical (unpaired) electrons. The van der Waals surface area contributed by atoms with Crippen molar-refractivity contribution in [3.05, 3.63) is 21.3 Å². The molecule has 8 heteroatoms. The van der Waals surface area contributed by atoms with Crippen molar-refractivity contribution >= 4 is 33.1 Å². The van der Waals surface area contributed by atoms with Crippen LogP contribution >= 0.6 is 22.9 Å². The van der Waals surface area contributed by atoms with Crippen LogP contribution in [0.4, 0.5) is 0 Å². The highest BCUT2D eigenvalue weighted by Gasteiger charge is 2.16. The van der Waals surface area contributed by atoms with Crippen molar-refractivity contribution < 1.29 is 8.42 Å². The van der Waals surface area contributed by atoms with Crippen molar-refractivity contribution in [3.8, 4) is 0 Å². The highest BCUT2D eigenvalue weighted by molar-refractivity contribution is 7.87. The normalized spacial score (nSPS) is 12.5. The molecule has 122 valence electrons. The molecular weight excluding hydrogens is 330 g/mol. The number of nitrogens with one attached hydrogen (secondary N) is 2. The third-order valence-electron chi connectivity index (χ3n) is 2.90. The van der Waals surface area contributed by atoms with Gasteiger partial charge in [0.25, 0.3) is 10.2 Å². The van der Waals surface area contributed by atoms with Crippen molar-refractivity contribution in [1.29, 1.82) is 0 Å². The molecule has 1 rings (SSSR count). The molecule has 1 aromatic heterocycles. The Morgan fingerprint density at radius 1 is 1.33 bits per heavy atom. The predicted octanol–water partition coefficient (Wildman–Crippen LogP) is 2.10. The molecule has 21 heavy (non-hydrogen) atoms. The lowest BCUT2D eigenvalue weighted by Crippen LogP contribution is -2.40. The zero-order chi connectivity index (χ0) is 15.9. The van der Waals surface area contributed by atoms with Crippen molar-refractivity contribution in [2.75, 3.05) is 26.7 Å². The Morgan fingerprint density at radius 2 is 2.05 bits per heavy atom. The number of nitrogens with zero attached hydrogens (tertiary/aromatic N) is 1. The van der Waals surface area contributed by atoms with Gasteiger partial charge in [-0.25, -0.2) is 4.72 Å². The van der Waals surface area contributed by atoms with E-state index in [-0.39, 0.29) is 0 Å². The summed E-state index contributed by atoms with van der Waals surface area (Å²) >= 11 is 7.31. The van der Waals surface area contributed by atoms with Gasteiger partial charge in [0.2, 0.25) is 0 Å². The summed E-state index contributed by atoms with van der Waals surface area (Å²) in [6.45, 7) is 5.83. The maximum atomic E-state index is 12.0. The summed E-state index contributed by atoms with van der Waals surface area (Å²) in [6.07, 6.45) is 1.44. The van der Waals surface area contributed by atoms with Crippen LogP contribution in [-0.4, -0.2) is 45.4 Å². The smallest absolute Gasteiger partial charge is 0.279 e. The topological polar surface area (TPSA) is 61.4 Å². The number of hydrogen-bond donors (Lipinski definition) is 2. The summed E-state index contributed by atoms with van der Waals surface area (Å²) in [7, 11) is -1.80. The molecule has 0 fully saturated rings. The Hall–Kier alpha value is -0.180. The van der Waals surface area contributed by atoms with Crippen LogP contribution in [-0.2, 0) is 16.6 Å². The van der Waals surface area contributed by atoms with Crippen LogP contribution < -0.4 is 10.0 Å². The van der Waals surface area contributed by atoms with Gasteiger partial charge in [0.1, 0.15) is 0 Å². The van der Waals surface area contributed by atoms with Gasteiger partial charge in [-0.2, -0.15) is 12.7 Å². The fraction of sp³-hybridized carbons (Fsp3) is 0.692. The van der Waals surface area contributed by atoms with Crippen molar-refractivity contribution in [2.24, 2.45) is 0 Å². The summed E-state index contributed by atoms with van der Waals surface area (Å²) < 4.78 is 28.7. The maximum Gasteiger partial charge on any atom is 0.279 e. The molecule has 0 spiro atoms. The molecule has 0 aliphatic rings. The monoisotopic (exact) mass is 353 g/mol. The Morgan fingerprint density at radius 3 is 2.62 bits per heavy atom. The van der Waals surface area contributed by atoms with Gasteiger partial charge in [-0.15, -0.1) is 11.3 Å². The lowest BCUT2D eigenvalue weighted by Gasteiger charge is -2.18. The molecule has 1 aromatic rings. The third kappa shape index (κ3) is 7.58. The van der Waals surface area contributed by atoms with Crippen LogP contribution in [0.5, 0.6) is 0 Å². The predicted molar refractivity (Wildman–Crippen MR) is 90.3 cm³/mol. The largest absolute Gasteiger partial charge is 0.314 e. The Labute approximate surface area is 136 Å². The van der Waals surface area contributed by atoms with Crippen LogP contribution in [0.3, 0.4) is 0 Å². The van der Waals surface area contributed by atoms with E-state index in [1.807, 2.05) is 12.1 Å². The first kappa shape index (κ1) is 18.9. The lowest BCUT2D eigenvalue weighted by atomic mass is 10.3. The van der Waals surface area contributed by atoms with Crippen molar-refractivity contribution in [3.63, 3.8) is 0 Å². The molecule has 0 bridgehead atoms. The number of rotatable bonds is 10. The molecule has 5 nitrogen and oxygen atoms in total. The molecule has 0 aromatic carbocycles. The molecule has 0 aliphatic carbocycles. The molecule has 0 amide bonds. The van der Waals surface area contributed by atoms with Gasteiger partial charge in [-0.05, 0) is 31.5 Å². The Bertz CT molecular complexity index is 517. The standard InChI is InChI=1S/C13H24ClN3O2S2/c1-11(2)15-8-4-10-17(3)21(18,19)16-9-7-12-5-6-13(14)20-12/h5-6,11,15-16H,4,7-10H2,1-3H3. The van der Waals surface area contributed by atoms with Crippen LogP contribution in [0.1, 0.15) is 25.1 Å². The van der Waals surface area contributed by atoms with Crippen molar-refractivity contribution in [1.82, 2.24) is 14.3 Å². The summed E-state index contributed by atoms with van der Waals surface area (Å²) in [4.78, 5) is 1.08. The second-order valence-electron chi connectivity index (χ2n) is 5.14. The number of hydrogen-bond acceptors (Lipinski definition) is 4. The fourth-order valence-electron chi connectivity index (χ4n) is 1.71. The van der Waals surface area contributed by atoms with E-state index in [0.717, 1.165) is 22.2 Å². The summed E-state index contributed by atoms with van der Waals surface area (Å²) in [6, 6.07) is 4.16. The SMILES string of the molecule is CC(C)NCCCN(C)S(=O)(=O)NCCc1ccc(Cl)s1. The molecule has 0 unspecified atom stereocenters. The molecular formula is C13H24ClN3O2S2.